The topological polar surface area (TPSA) is 104 Å². The van der Waals surface area contributed by atoms with Crippen LogP contribution in [0.15, 0.2) is 85.3 Å². The lowest BCUT2D eigenvalue weighted by Crippen LogP contribution is -2.19. The summed E-state index contributed by atoms with van der Waals surface area (Å²) in [6.07, 6.45) is 3.18. The summed E-state index contributed by atoms with van der Waals surface area (Å²) in [5.74, 6) is 1.96. The van der Waals surface area contributed by atoms with Crippen molar-refractivity contribution in [3.8, 4) is 0 Å². The van der Waals surface area contributed by atoms with Crippen molar-refractivity contribution in [1.29, 1.82) is 0 Å². The lowest BCUT2D eigenvalue weighted by atomic mass is 10.2. The van der Waals surface area contributed by atoms with Gasteiger partial charge in [0.05, 0.1) is 0 Å². The predicted molar refractivity (Wildman–Crippen MR) is 123 cm³/mol. The van der Waals surface area contributed by atoms with Gasteiger partial charge in [-0.05, 0) is 55.0 Å². The number of aromatic nitrogens is 3. The van der Waals surface area contributed by atoms with Gasteiger partial charge in [0.1, 0.15) is 23.8 Å². The van der Waals surface area contributed by atoms with Gasteiger partial charge < -0.3 is 21.3 Å². The van der Waals surface area contributed by atoms with Crippen molar-refractivity contribution < 1.29 is 4.79 Å². The Kier molecular flexibility index (Phi) is 5.99. The summed E-state index contributed by atoms with van der Waals surface area (Å²) in [5, 5.41) is 12.0. The van der Waals surface area contributed by atoms with Crippen molar-refractivity contribution in [2.75, 3.05) is 21.3 Å². The quantitative estimate of drug-likeness (QED) is 0.343. The number of hydrogen-bond donors (Lipinski definition) is 4. The van der Waals surface area contributed by atoms with Crippen LogP contribution < -0.4 is 21.3 Å². The summed E-state index contributed by atoms with van der Waals surface area (Å²) in [4.78, 5) is 24.9. The molecule has 0 saturated heterocycles. The van der Waals surface area contributed by atoms with Gasteiger partial charge in [-0.2, -0.15) is 0 Å². The lowest BCUT2D eigenvalue weighted by molar-refractivity contribution is 0.262. The third-order valence-corrected chi connectivity index (χ3v) is 4.40. The first-order chi connectivity index (χ1) is 15.2. The minimum absolute atomic E-state index is 0.295. The molecule has 0 spiro atoms. The number of carbonyl (C=O) groups is 1. The number of hydrogen-bond acceptors (Lipinski definition) is 6. The van der Waals surface area contributed by atoms with E-state index in [2.05, 4.69) is 36.2 Å². The molecular formula is C23H21N7O. The van der Waals surface area contributed by atoms with Crippen LogP contribution in [-0.2, 0) is 0 Å². The molecule has 2 aromatic carbocycles. The van der Waals surface area contributed by atoms with Gasteiger partial charge in [0, 0.05) is 29.3 Å². The van der Waals surface area contributed by atoms with Gasteiger partial charge in [-0.1, -0.05) is 24.3 Å². The first kappa shape index (κ1) is 19.8. The SMILES string of the molecule is Cc1ccccc1NC(=O)Nc1ccc(Nc2cc(Nc3ccccn3)ncn2)cc1. The van der Waals surface area contributed by atoms with E-state index < -0.39 is 0 Å². The van der Waals surface area contributed by atoms with Crippen LogP contribution in [0.3, 0.4) is 0 Å². The van der Waals surface area contributed by atoms with E-state index in [9.17, 15) is 4.79 Å². The van der Waals surface area contributed by atoms with Gasteiger partial charge in [-0.15, -0.1) is 0 Å². The minimum atomic E-state index is -0.295. The molecule has 0 aliphatic carbocycles. The maximum absolute atomic E-state index is 12.2. The fraction of sp³-hybridized carbons (Fsp3) is 0.0435. The highest BCUT2D eigenvalue weighted by molar-refractivity contribution is 6.00. The van der Waals surface area contributed by atoms with Crippen LogP contribution in [-0.4, -0.2) is 21.0 Å². The van der Waals surface area contributed by atoms with Crippen LogP contribution in [0, 0.1) is 6.92 Å². The molecule has 31 heavy (non-hydrogen) atoms. The van der Waals surface area contributed by atoms with E-state index in [1.807, 2.05) is 73.7 Å². The van der Waals surface area contributed by atoms with Crippen molar-refractivity contribution in [1.82, 2.24) is 15.0 Å². The number of amides is 2. The molecule has 0 aliphatic rings. The average molecular weight is 411 g/mol. The summed E-state index contributed by atoms with van der Waals surface area (Å²) >= 11 is 0. The Morgan fingerprint density at radius 2 is 1.42 bits per heavy atom. The van der Waals surface area contributed by atoms with Crippen LogP contribution in [0.1, 0.15) is 5.56 Å². The molecule has 2 aromatic heterocycles. The van der Waals surface area contributed by atoms with E-state index in [4.69, 9.17) is 0 Å². The van der Waals surface area contributed by atoms with E-state index in [0.717, 1.165) is 16.9 Å². The van der Waals surface area contributed by atoms with E-state index in [0.29, 0.717) is 23.1 Å². The Labute approximate surface area is 179 Å². The number of carbonyl (C=O) groups excluding carboxylic acids is 1. The van der Waals surface area contributed by atoms with Crippen LogP contribution in [0.4, 0.5) is 39.3 Å². The van der Waals surface area contributed by atoms with Crippen LogP contribution in [0.25, 0.3) is 0 Å². The Morgan fingerprint density at radius 3 is 2.16 bits per heavy atom. The molecule has 0 saturated carbocycles. The highest BCUT2D eigenvalue weighted by Gasteiger charge is 2.05. The number of rotatable bonds is 6. The molecule has 0 fully saturated rings. The molecule has 0 radical (unpaired) electrons. The molecule has 8 heteroatoms. The number of nitrogens with one attached hydrogen (secondary N) is 4. The maximum Gasteiger partial charge on any atom is 0.323 e. The maximum atomic E-state index is 12.2. The Morgan fingerprint density at radius 1 is 0.710 bits per heavy atom. The first-order valence-corrected chi connectivity index (χ1v) is 9.66. The van der Waals surface area contributed by atoms with E-state index in [-0.39, 0.29) is 6.03 Å². The molecule has 2 amide bonds. The zero-order valence-corrected chi connectivity index (χ0v) is 16.8. The number of para-hydroxylation sites is 1. The monoisotopic (exact) mass is 411 g/mol. The number of anilines is 6. The van der Waals surface area contributed by atoms with Gasteiger partial charge in [-0.25, -0.2) is 19.7 Å². The second kappa shape index (κ2) is 9.36. The highest BCUT2D eigenvalue weighted by atomic mass is 16.2. The molecule has 0 aliphatic heterocycles. The number of nitrogens with zero attached hydrogens (tertiary/aromatic N) is 3. The predicted octanol–water partition coefficient (Wildman–Crippen LogP) is 5.31. The number of aryl methyl sites for hydroxylation is 1. The second-order valence-electron chi connectivity index (χ2n) is 6.72. The molecule has 4 aromatic rings. The molecule has 0 unspecified atom stereocenters. The fourth-order valence-electron chi connectivity index (χ4n) is 2.84. The summed E-state index contributed by atoms with van der Waals surface area (Å²) in [6, 6.07) is 22.1. The molecule has 154 valence electrons. The van der Waals surface area contributed by atoms with Crippen molar-refractivity contribution in [3.63, 3.8) is 0 Å². The zero-order valence-electron chi connectivity index (χ0n) is 16.8. The molecule has 4 N–H and O–H groups in total. The molecule has 0 atom stereocenters. The largest absolute Gasteiger partial charge is 0.340 e. The Balaban J connectivity index is 1.36. The molecule has 4 rings (SSSR count). The van der Waals surface area contributed by atoms with Crippen LogP contribution >= 0.6 is 0 Å². The number of urea groups is 1. The third-order valence-electron chi connectivity index (χ3n) is 4.40. The molecule has 2 heterocycles. The lowest BCUT2D eigenvalue weighted by Gasteiger charge is -2.11. The van der Waals surface area contributed by atoms with Crippen molar-refractivity contribution in [2.24, 2.45) is 0 Å². The summed E-state index contributed by atoms with van der Waals surface area (Å²) < 4.78 is 0. The van der Waals surface area contributed by atoms with E-state index >= 15 is 0 Å². The van der Waals surface area contributed by atoms with Gasteiger partial charge in [0.15, 0.2) is 0 Å². The van der Waals surface area contributed by atoms with Crippen molar-refractivity contribution >= 4 is 40.5 Å². The van der Waals surface area contributed by atoms with Crippen LogP contribution in [0.5, 0.6) is 0 Å². The second-order valence-corrected chi connectivity index (χ2v) is 6.72. The van der Waals surface area contributed by atoms with Crippen molar-refractivity contribution in [2.45, 2.75) is 6.92 Å². The average Bonchev–Trinajstić information content (AvgIpc) is 2.78. The third kappa shape index (κ3) is 5.54. The summed E-state index contributed by atoms with van der Waals surface area (Å²) in [7, 11) is 0. The summed E-state index contributed by atoms with van der Waals surface area (Å²) in [5.41, 5.74) is 3.28. The number of benzene rings is 2. The van der Waals surface area contributed by atoms with Gasteiger partial charge in [0.25, 0.3) is 0 Å². The zero-order chi connectivity index (χ0) is 21.5. The minimum Gasteiger partial charge on any atom is -0.340 e. The van der Waals surface area contributed by atoms with Gasteiger partial charge in [-0.3, -0.25) is 0 Å². The fourth-order valence-corrected chi connectivity index (χ4v) is 2.84. The first-order valence-electron chi connectivity index (χ1n) is 9.66. The number of pyridine rings is 1. The van der Waals surface area contributed by atoms with Gasteiger partial charge >= 0.3 is 6.03 Å². The smallest absolute Gasteiger partial charge is 0.323 e. The van der Waals surface area contributed by atoms with Crippen LogP contribution in [0.2, 0.25) is 0 Å². The van der Waals surface area contributed by atoms with Crippen molar-refractivity contribution in [3.05, 3.63) is 90.9 Å². The Bertz CT molecular complexity index is 1160. The van der Waals surface area contributed by atoms with Gasteiger partial charge in [0.2, 0.25) is 0 Å². The van der Waals surface area contributed by atoms with E-state index in [1.54, 1.807) is 12.3 Å². The Hall–Kier alpha value is -4.46. The summed E-state index contributed by atoms with van der Waals surface area (Å²) in [6.45, 7) is 1.94. The van der Waals surface area contributed by atoms with E-state index in [1.165, 1.54) is 6.33 Å². The molecule has 0 bridgehead atoms. The highest BCUT2D eigenvalue weighted by Crippen LogP contribution is 2.20. The normalized spacial score (nSPS) is 10.2. The standard InChI is InChI=1S/C23H21N7O/c1-16-6-2-3-7-19(16)29-23(31)28-18-11-9-17(10-12-18)27-21-14-22(26-15-25-21)30-20-8-4-5-13-24-20/h2-15H,1H3,(H2,28,29,31)(H2,24,25,26,27,30). The molecular weight excluding hydrogens is 390 g/mol. The molecule has 8 nitrogen and oxygen atoms in total.